The Kier molecular flexibility index (Phi) is 71.9. The summed E-state index contributed by atoms with van der Waals surface area (Å²) in [6, 6.07) is 0. The van der Waals surface area contributed by atoms with Crippen molar-refractivity contribution in [3.63, 3.8) is 0 Å². The smallest absolute Gasteiger partial charge is 0.462 e. The van der Waals surface area contributed by atoms with Gasteiger partial charge in [0.15, 0.2) is 12.2 Å². The van der Waals surface area contributed by atoms with Gasteiger partial charge >= 0.3 is 39.5 Å². The Labute approximate surface area is 600 Å². The van der Waals surface area contributed by atoms with E-state index in [0.29, 0.717) is 25.7 Å². The zero-order valence-electron chi connectivity index (χ0n) is 63.8. The number of unbranched alkanes of at least 4 members (excludes halogenated alkanes) is 54. The molecule has 98 heavy (non-hydrogen) atoms. The van der Waals surface area contributed by atoms with Crippen LogP contribution in [0.4, 0.5) is 0 Å². The topological polar surface area (TPSA) is 237 Å². The van der Waals surface area contributed by atoms with Gasteiger partial charge < -0.3 is 33.8 Å². The summed E-state index contributed by atoms with van der Waals surface area (Å²) >= 11 is 0. The molecule has 0 aliphatic heterocycles. The summed E-state index contributed by atoms with van der Waals surface area (Å²) in [6.45, 7) is 4.98. The number of hydrogen-bond donors (Lipinski definition) is 3. The van der Waals surface area contributed by atoms with Gasteiger partial charge in [-0.2, -0.15) is 0 Å². The zero-order valence-corrected chi connectivity index (χ0v) is 65.6. The second kappa shape index (κ2) is 73.4. The molecule has 0 aromatic heterocycles. The highest BCUT2D eigenvalue weighted by atomic mass is 31.2. The Morgan fingerprint density at radius 1 is 0.245 bits per heavy atom. The van der Waals surface area contributed by atoms with E-state index in [2.05, 4.69) is 27.7 Å². The Balaban J connectivity index is 5.17. The van der Waals surface area contributed by atoms with Crippen LogP contribution in [-0.2, 0) is 65.4 Å². The largest absolute Gasteiger partial charge is 0.472 e. The van der Waals surface area contributed by atoms with Gasteiger partial charge in [-0.3, -0.25) is 37.3 Å². The van der Waals surface area contributed by atoms with Gasteiger partial charge in [-0.1, -0.05) is 374 Å². The molecule has 0 aliphatic rings. The fraction of sp³-hybridized carbons (Fsp3) is 0.949. The van der Waals surface area contributed by atoms with E-state index in [1.807, 2.05) is 0 Å². The van der Waals surface area contributed by atoms with Gasteiger partial charge in [-0.05, 0) is 25.7 Å². The number of hydrogen-bond acceptors (Lipinski definition) is 15. The van der Waals surface area contributed by atoms with Crippen LogP contribution in [0.5, 0.6) is 0 Å². The number of aliphatic hydroxyl groups excluding tert-OH is 1. The Bertz CT molecular complexity index is 1860. The summed E-state index contributed by atoms with van der Waals surface area (Å²) in [5, 5.41) is 10.6. The Morgan fingerprint density at radius 2 is 0.408 bits per heavy atom. The van der Waals surface area contributed by atoms with Gasteiger partial charge in [0, 0.05) is 25.7 Å². The average Bonchev–Trinajstić information content (AvgIpc) is 1.02. The highest BCUT2D eigenvalue weighted by Gasteiger charge is 2.30. The summed E-state index contributed by atoms with van der Waals surface area (Å²) in [7, 11) is -9.91. The van der Waals surface area contributed by atoms with Crippen molar-refractivity contribution in [1.82, 2.24) is 0 Å². The van der Waals surface area contributed by atoms with E-state index in [-0.39, 0.29) is 25.7 Å². The van der Waals surface area contributed by atoms with E-state index in [9.17, 15) is 43.2 Å². The maximum Gasteiger partial charge on any atom is 0.472 e. The van der Waals surface area contributed by atoms with E-state index in [4.69, 9.17) is 37.0 Å². The molecule has 0 amide bonds. The van der Waals surface area contributed by atoms with Crippen molar-refractivity contribution in [3.8, 4) is 0 Å². The molecule has 582 valence electrons. The fourth-order valence-electron chi connectivity index (χ4n) is 12.3. The summed E-state index contributed by atoms with van der Waals surface area (Å²) in [5.41, 5.74) is 0. The molecular formula is C79H154O17P2. The molecule has 0 aromatic rings. The second-order valence-electron chi connectivity index (χ2n) is 28.5. The number of carbonyl (C=O) groups is 4. The van der Waals surface area contributed by atoms with Crippen LogP contribution >= 0.6 is 15.6 Å². The van der Waals surface area contributed by atoms with Crippen LogP contribution in [0.1, 0.15) is 426 Å². The molecule has 2 unspecified atom stereocenters. The van der Waals surface area contributed by atoms with Crippen LogP contribution in [-0.4, -0.2) is 96.7 Å². The van der Waals surface area contributed by atoms with Crippen molar-refractivity contribution < 1.29 is 80.2 Å². The van der Waals surface area contributed by atoms with Crippen molar-refractivity contribution in [3.05, 3.63) is 0 Å². The predicted octanol–water partition coefficient (Wildman–Crippen LogP) is 23.8. The fourth-order valence-corrected chi connectivity index (χ4v) is 13.9. The van der Waals surface area contributed by atoms with Gasteiger partial charge in [-0.15, -0.1) is 0 Å². The molecule has 0 saturated heterocycles. The van der Waals surface area contributed by atoms with Crippen LogP contribution in [0.25, 0.3) is 0 Å². The molecule has 0 heterocycles. The van der Waals surface area contributed by atoms with E-state index in [1.54, 1.807) is 0 Å². The summed E-state index contributed by atoms with van der Waals surface area (Å²) in [5.74, 6) is -2.11. The van der Waals surface area contributed by atoms with Gasteiger partial charge in [0.2, 0.25) is 0 Å². The standard InChI is InChI=1S/C79H154O17P2/c1-5-9-13-17-21-25-28-31-33-34-35-36-37-38-39-41-44-47-50-54-58-62-66-79(84)96-75(70-90-77(82)64-60-56-52-48-45-43-40-32-29-26-22-18-14-10-6-2)72-94-98(87,88)92-68-73(80)67-91-97(85,86)93-71-74(69-89-76(81)63-59-55-51-24-20-16-12-8-4)95-78(83)65-61-57-53-49-46-42-30-27-23-19-15-11-7-3/h73-75,80H,5-72H2,1-4H3,(H,85,86)(H,87,88)/t73-,74+,75+/m0/s1. The second-order valence-corrected chi connectivity index (χ2v) is 31.4. The van der Waals surface area contributed by atoms with E-state index >= 15 is 0 Å². The van der Waals surface area contributed by atoms with Crippen molar-refractivity contribution in [1.29, 1.82) is 0 Å². The van der Waals surface area contributed by atoms with Gasteiger partial charge in [0.05, 0.1) is 26.4 Å². The van der Waals surface area contributed by atoms with Crippen molar-refractivity contribution in [2.75, 3.05) is 39.6 Å². The maximum atomic E-state index is 13.1. The lowest BCUT2D eigenvalue weighted by Gasteiger charge is -2.21. The zero-order chi connectivity index (χ0) is 71.8. The molecule has 0 bridgehead atoms. The minimum absolute atomic E-state index is 0.108. The van der Waals surface area contributed by atoms with Crippen molar-refractivity contribution in [2.45, 2.75) is 444 Å². The third-order valence-electron chi connectivity index (χ3n) is 18.6. The van der Waals surface area contributed by atoms with Crippen LogP contribution in [0, 0.1) is 0 Å². The normalized spacial score (nSPS) is 13.8. The first-order valence-corrected chi connectivity index (χ1v) is 44.3. The monoisotopic (exact) mass is 1440 g/mol. The summed E-state index contributed by atoms with van der Waals surface area (Å²) in [6.07, 6.45) is 65.3. The molecule has 19 heteroatoms. The first kappa shape index (κ1) is 96.1. The number of phosphoric acid groups is 2. The molecular weight excluding hydrogens is 1280 g/mol. The quantitative estimate of drug-likeness (QED) is 0.0222. The number of aliphatic hydroxyl groups is 1. The van der Waals surface area contributed by atoms with Gasteiger partial charge in [-0.25, -0.2) is 9.13 Å². The summed E-state index contributed by atoms with van der Waals surface area (Å²) in [4.78, 5) is 72.8. The Morgan fingerprint density at radius 3 is 0.602 bits per heavy atom. The molecule has 0 rings (SSSR count). The third kappa shape index (κ3) is 72.4. The summed E-state index contributed by atoms with van der Waals surface area (Å²) < 4.78 is 68.5. The molecule has 0 aromatic carbocycles. The van der Waals surface area contributed by atoms with Crippen LogP contribution in [0.2, 0.25) is 0 Å². The average molecular weight is 1440 g/mol. The van der Waals surface area contributed by atoms with E-state index in [0.717, 1.165) is 89.9 Å². The highest BCUT2D eigenvalue weighted by molar-refractivity contribution is 7.47. The number of phosphoric ester groups is 2. The molecule has 0 fully saturated rings. The molecule has 3 N–H and O–H groups in total. The minimum atomic E-state index is -4.96. The molecule has 17 nitrogen and oxygen atoms in total. The van der Waals surface area contributed by atoms with Crippen LogP contribution in [0.15, 0.2) is 0 Å². The SMILES string of the molecule is CCCCCCCCCCCCCCCCCCCCCCCCC(=O)O[C@H](COC(=O)CCCCCCCCCCCCCCCCC)COP(=O)(O)OC[C@@H](O)COP(=O)(O)OC[C@@H](COC(=O)CCCCCCCCCC)OC(=O)CCCCCCCCCCCCCCC. The maximum absolute atomic E-state index is 13.1. The van der Waals surface area contributed by atoms with Crippen molar-refractivity contribution >= 4 is 39.5 Å². The first-order valence-electron chi connectivity index (χ1n) is 41.3. The lowest BCUT2D eigenvalue weighted by Crippen LogP contribution is -2.30. The predicted molar refractivity (Wildman–Crippen MR) is 400 cm³/mol. The Hall–Kier alpha value is -1.94. The molecule has 0 spiro atoms. The highest BCUT2D eigenvalue weighted by Crippen LogP contribution is 2.45. The van der Waals surface area contributed by atoms with Gasteiger partial charge in [0.1, 0.15) is 19.3 Å². The molecule has 5 atom stereocenters. The third-order valence-corrected chi connectivity index (χ3v) is 20.5. The van der Waals surface area contributed by atoms with Crippen LogP contribution < -0.4 is 0 Å². The first-order chi connectivity index (χ1) is 47.7. The van der Waals surface area contributed by atoms with Crippen LogP contribution in [0.3, 0.4) is 0 Å². The number of carbonyl (C=O) groups excluding carboxylic acids is 4. The number of rotatable bonds is 80. The molecule has 0 aliphatic carbocycles. The van der Waals surface area contributed by atoms with E-state index in [1.165, 1.54) is 257 Å². The molecule has 0 radical (unpaired) electrons. The van der Waals surface area contributed by atoms with Gasteiger partial charge in [0.25, 0.3) is 0 Å². The lowest BCUT2D eigenvalue weighted by atomic mass is 10.0. The number of ether oxygens (including phenoxy) is 4. The lowest BCUT2D eigenvalue weighted by molar-refractivity contribution is -0.161. The minimum Gasteiger partial charge on any atom is -0.462 e. The van der Waals surface area contributed by atoms with E-state index < -0.39 is 97.5 Å². The van der Waals surface area contributed by atoms with Crippen molar-refractivity contribution in [2.24, 2.45) is 0 Å². The number of esters is 4. The molecule has 0 saturated carbocycles.